The Hall–Kier alpha value is -1.59. The monoisotopic (exact) mass is 252 g/mol. The molecule has 1 aromatic carbocycles. The van der Waals surface area contributed by atoms with Crippen molar-refractivity contribution in [2.24, 2.45) is 0 Å². The molecule has 0 spiro atoms. The van der Waals surface area contributed by atoms with Gasteiger partial charge >= 0.3 is 0 Å². The zero-order valence-corrected chi connectivity index (χ0v) is 11.0. The minimum absolute atomic E-state index is 0.0167. The fraction of sp³-hybridized carbons (Fsp3) is 0.462. The van der Waals surface area contributed by atoms with E-state index in [0.29, 0.717) is 6.54 Å². The summed E-state index contributed by atoms with van der Waals surface area (Å²) < 4.78 is 5.04. The molecule has 18 heavy (non-hydrogen) atoms. The van der Waals surface area contributed by atoms with Crippen molar-refractivity contribution >= 4 is 5.91 Å². The van der Waals surface area contributed by atoms with Crippen LogP contribution in [0.5, 0.6) is 5.75 Å². The van der Waals surface area contributed by atoms with Crippen LogP contribution in [0.3, 0.4) is 0 Å². The smallest absolute Gasteiger partial charge is 0.236 e. The van der Waals surface area contributed by atoms with Gasteiger partial charge in [-0.25, -0.2) is 0 Å². The second-order valence-corrected chi connectivity index (χ2v) is 4.21. The normalized spacial score (nSPS) is 12.0. The number of aliphatic hydroxyl groups is 1. The predicted molar refractivity (Wildman–Crippen MR) is 69.5 cm³/mol. The summed E-state index contributed by atoms with van der Waals surface area (Å²) in [7, 11) is 4.99. The van der Waals surface area contributed by atoms with Gasteiger partial charge in [0.1, 0.15) is 5.75 Å². The van der Waals surface area contributed by atoms with Crippen LogP contribution in [0.25, 0.3) is 0 Å². The van der Waals surface area contributed by atoms with Crippen LogP contribution in [-0.4, -0.2) is 50.2 Å². The number of rotatable bonds is 6. The van der Waals surface area contributed by atoms with Crippen LogP contribution in [0.15, 0.2) is 24.3 Å². The predicted octanol–water partition coefficient (Wildman–Crippen LogP) is 0.406. The molecular formula is C13H20N2O3. The first kappa shape index (κ1) is 14.5. The SMILES string of the molecule is COc1ccc(C(O)CNCC(=O)N(C)C)cc1. The number of nitrogens with zero attached hydrogens (tertiary/aromatic N) is 1. The number of carbonyl (C=O) groups excluding carboxylic acids is 1. The van der Waals surface area contributed by atoms with E-state index in [2.05, 4.69) is 5.32 Å². The molecule has 0 heterocycles. The minimum atomic E-state index is -0.633. The van der Waals surface area contributed by atoms with Gasteiger partial charge in [-0.2, -0.15) is 0 Å². The molecule has 0 bridgehead atoms. The molecule has 1 aromatic rings. The lowest BCUT2D eigenvalue weighted by Crippen LogP contribution is -2.34. The highest BCUT2D eigenvalue weighted by Crippen LogP contribution is 2.16. The summed E-state index contributed by atoms with van der Waals surface area (Å²) >= 11 is 0. The average molecular weight is 252 g/mol. The Kier molecular flexibility index (Phi) is 5.61. The van der Waals surface area contributed by atoms with Gasteiger partial charge in [0.15, 0.2) is 0 Å². The fourth-order valence-electron chi connectivity index (χ4n) is 1.42. The zero-order chi connectivity index (χ0) is 13.5. The third-order valence-corrected chi connectivity index (χ3v) is 2.61. The number of aliphatic hydroxyl groups excluding tert-OH is 1. The van der Waals surface area contributed by atoms with Crippen molar-refractivity contribution < 1.29 is 14.6 Å². The van der Waals surface area contributed by atoms with Crippen molar-refractivity contribution in [3.8, 4) is 5.75 Å². The highest BCUT2D eigenvalue weighted by molar-refractivity contribution is 5.77. The molecule has 100 valence electrons. The molecule has 1 rings (SSSR count). The van der Waals surface area contributed by atoms with Crippen LogP contribution in [-0.2, 0) is 4.79 Å². The Morgan fingerprint density at radius 2 is 2.00 bits per heavy atom. The summed E-state index contributed by atoms with van der Waals surface area (Å²) in [6, 6.07) is 7.20. The Morgan fingerprint density at radius 3 is 2.50 bits per heavy atom. The Morgan fingerprint density at radius 1 is 1.39 bits per heavy atom. The molecule has 1 amide bonds. The summed E-state index contributed by atoms with van der Waals surface area (Å²) in [5.74, 6) is 0.735. The number of hydrogen-bond donors (Lipinski definition) is 2. The summed E-state index contributed by atoms with van der Waals surface area (Å²) in [6.07, 6.45) is -0.633. The first-order chi connectivity index (χ1) is 8.54. The summed E-state index contributed by atoms with van der Waals surface area (Å²) in [5.41, 5.74) is 0.792. The number of carbonyl (C=O) groups is 1. The lowest BCUT2D eigenvalue weighted by atomic mass is 10.1. The number of benzene rings is 1. The van der Waals surface area contributed by atoms with Crippen LogP contribution in [0.1, 0.15) is 11.7 Å². The molecule has 5 nitrogen and oxygen atoms in total. The van der Waals surface area contributed by atoms with Crippen molar-refractivity contribution in [1.82, 2.24) is 10.2 Å². The van der Waals surface area contributed by atoms with Crippen molar-refractivity contribution in [2.45, 2.75) is 6.10 Å². The van der Waals surface area contributed by atoms with E-state index in [-0.39, 0.29) is 12.5 Å². The van der Waals surface area contributed by atoms with Crippen molar-refractivity contribution in [3.63, 3.8) is 0 Å². The Balaban J connectivity index is 2.40. The van der Waals surface area contributed by atoms with Gasteiger partial charge in [-0.1, -0.05) is 12.1 Å². The standard InChI is InChI=1S/C13H20N2O3/c1-15(2)13(17)9-14-8-12(16)10-4-6-11(18-3)7-5-10/h4-7,12,14,16H,8-9H2,1-3H3. The third-order valence-electron chi connectivity index (χ3n) is 2.61. The van der Waals surface area contributed by atoms with Gasteiger partial charge in [-0.3, -0.25) is 4.79 Å². The lowest BCUT2D eigenvalue weighted by Gasteiger charge is -2.14. The van der Waals surface area contributed by atoms with Gasteiger partial charge in [0, 0.05) is 20.6 Å². The van der Waals surface area contributed by atoms with Crippen LogP contribution in [0.2, 0.25) is 0 Å². The lowest BCUT2D eigenvalue weighted by molar-refractivity contribution is -0.127. The average Bonchev–Trinajstić information content (AvgIpc) is 2.38. The van der Waals surface area contributed by atoms with Crippen molar-refractivity contribution in [1.29, 1.82) is 0 Å². The number of hydrogen-bond acceptors (Lipinski definition) is 4. The van der Waals surface area contributed by atoms with Gasteiger partial charge in [0.25, 0.3) is 0 Å². The summed E-state index contributed by atoms with van der Waals surface area (Å²) in [4.78, 5) is 12.8. The van der Waals surface area contributed by atoms with Crippen molar-refractivity contribution in [2.75, 3.05) is 34.3 Å². The van der Waals surface area contributed by atoms with Crippen LogP contribution in [0.4, 0.5) is 0 Å². The summed E-state index contributed by atoms with van der Waals surface area (Å²) in [6.45, 7) is 0.562. The van der Waals surface area contributed by atoms with Gasteiger partial charge in [-0.15, -0.1) is 0 Å². The van der Waals surface area contributed by atoms with Gasteiger partial charge in [0.2, 0.25) is 5.91 Å². The Labute approximate surface area is 107 Å². The van der Waals surface area contributed by atoms with E-state index in [9.17, 15) is 9.90 Å². The molecule has 0 aliphatic carbocycles. The zero-order valence-electron chi connectivity index (χ0n) is 11.0. The number of nitrogens with one attached hydrogen (secondary N) is 1. The van der Waals surface area contributed by atoms with E-state index in [1.54, 1.807) is 45.5 Å². The highest BCUT2D eigenvalue weighted by Gasteiger charge is 2.09. The van der Waals surface area contributed by atoms with E-state index < -0.39 is 6.10 Å². The topological polar surface area (TPSA) is 61.8 Å². The molecule has 1 unspecified atom stereocenters. The first-order valence-electron chi connectivity index (χ1n) is 5.77. The quantitative estimate of drug-likeness (QED) is 0.769. The molecule has 0 aromatic heterocycles. The fourth-order valence-corrected chi connectivity index (χ4v) is 1.42. The van der Waals surface area contributed by atoms with E-state index in [4.69, 9.17) is 4.74 Å². The Bertz CT molecular complexity index is 376. The van der Waals surface area contributed by atoms with E-state index in [1.165, 1.54) is 4.90 Å². The van der Waals surface area contributed by atoms with Gasteiger partial charge < -0.3 is 20.1 Å². The largest absolute Gasteiger partial charge is 0.497 e. The molecule has 1 atom stereocenters. The molecule has 0 saturated carbocycles. The number of amides is 1. The molecule has 0 aliphatic heterocycles. The highest BCUT2D eigenvalue weighted by atomic mass is 16.5. The first-order valence-corrected chi connectivity index (χ1v) is 5.77. The van der Waals surface area contributed by atoms with E-state index >= 15 is 0 Å². The second kappa shape index (κ2) is 6.98. The van der Waals surface area contributed by atoms with Crippen LogP contribution >= 0.6 is 0 Å². The number of ether oxygens (including phenoxy) is 1. The maximum atomic E-state index is 11.3. The van der Waals surface area contributed by atoms with Gasteiger partial charge in [-0.05, 0) is 17.7 Å². The van der Waals surface area contributed by atoms with Crippen LogP contribution < -0.4 is 10.1 Å². The molecule has 5 heteroatoms. The van der Waals surface area contributed by atoms with Crippen LogP contribution in [0, 0.1) is 0 Å². The van der Waals surface area contributed by atoms with E-state index in [1.807, 2.05) is 0 Å². The van der Waals surface area contributed by atoms with Crippen molar-refractivity contribution in [3.05, 3.63) is 29.8 Å². The molecule has 0 aliphatic rings. The summed E-state index contributed by atoms with van der Waals surface area (Å²) in [5, 5.41) is 12.8. The maximum Gasteiger partial charge on any atom is 0.236 e. The number of methoxy groups -OCH3 is 1. The van der Waals surface area contributed by atoms with Gasteiger partial charge in [0.05, 0.1) is 19.8 Å². The van der Waals surface area contributed by atoms with E-state index in [0.717, 1.165) is 11.3 Å². The molecule has 0 fully saturated rings. The minimum Gasteiger partial charge on any atom is -0.497 e. The molecule has 0 saturated heterocycles. The molecule has 2 N–H and O–H groups in total. The third kappa shape index (κ3) is 4.35. The second-order valence-electron chi connectivity index (χ2n) is 4.21. The maximum absolute atomic E-state index is 11.3. The molecular weight excluding hydrogens is 232 g/mol. The molecule has 0 radical (unpaired) electrons. The number of likely N-dealkylation sites (N-methyl/N-ethyl adjacent to an activating group) is 1.